The summed E-state index contributed by atoms with van der Waals surface area (Å²) in [6.07, 6.45) is 2.25. The first kappa shape index (κ1) is 14.4. The highest BCUT2D eigenvalue weighted by Gasteiger charge is 2.18. The Labute approximate surface area is 92.2 Å². The number of amides is 1. The minimum Gasteiger partial charge on any atom is -0.394 e. The normalized spacial score (nSPS) is 13.7. The van der Waals surface area contributed by atoms with Crippen LogP contribution in [-0.2, 0) is 4.79 Å². The van der Waals surface area contributed by atoms with Gasteiger partial charge in [-0.2, -0.15) is 0 Å². The van der Waals surface area contributed by atoms with Gasteiger partial charge in [-0.25, -0.2) is 0 Å². The second kappa shape index (κ2) is 6.80. The van der Waals surface area contributed by atoms with Gasteiger partial charge in [0.2, 0.25) is 5.91 Å². The summed E-state index contributed by atoms with van der Waals surface area (Å²) in [4.78, 5) is 11.4. The highest BCUT2D eigenvalue weighted by Crippen LogP contribution is 2.25. The molecule has 0 aliphatic carbocycles. The monoisotopic (exact) mass is 216 g/mol. The van der Waals surface area contributed by atoms with Crippen LogP contribution in [0.1, 0.15) is 40.0 Å². The number of hydrogen-bond acceptors (Lipinski definition) is 3. The van der Waals surface area contributed by atoms with E-state index in [4.69, 9.17) is 10.8 Å². The molecule has 0 bridgehead atoms. The lowest BCUT2D eigenvalue weighted by Gasteiger charge is -2.23. The van der Waals surface area contributed by atoms with E-state index in [2.05, 4.69) is 19.2 Å². The molecule has 4 heteroatoms. The largest absolute Gasteiger partial charge is 0.394 e. The zero-order chi connectivity index (χ0) is 11.9. The van der Waals surface area contributed by atoms with Crippen LogP contribution in [0.15, 0.2) is 0 Å². The molecule has 0 aromatic carbocycles. The van der Waals surface area contributed by atoms with Crippen molar-refractivity contribution in [1.82, 2.24) is 5.32 Å². The summed E-state index contributed by atoms with van der Waals surface area (Å²) < 4.78 is 0. The van der Waals surface area contributed by atoms with Crippen molar-refractivity contribution in [3.63, 3.8) is 0 Å². The molecule has 4 nitrogen and oxygen atoms in total. The van der Waals surface area contributed by atoms with E-state index in [-0.39, 0.29) is 24.0 Å². The maximum absolute atomic E-state index is 11.4. The average molecular weight is 216 g/mol. The molecule has 0 aromatic rings. The fourth-order valence-corrected chi connectivity index (χ4v) is 1.36. The molecule has 15 heavy (non-hydrogen) atoms. The van der Waals surface area contributed by atoms with Crippen molar-refractivity contribution in [2.24, 2.45) is 11.1 Å². The number of aliphatic hydroxyl groups is 1. The SMILES string of the molecule is C[C@H](CO)NC(=O)CCC(C)(C)CCN. The van der Waals surface area contributed by atoms with Gasteiger partial charge in [-0.3, -0.25) is 4.79 Å². The fraction of sp³-hybridized carbons (Fsp3) is 0.909. The van der Waals surface area contributed by atoms with Crippen molar-refractivity contribution in [1.29, 1.82) is 0 Å². The van der Waals surface area contributed by atoms with Crippen molar-refractivity contribution in [2.45, 2.75) is 46.1 Å². The number of aliphatic hydroxyl groups excluding tert-OH is 1. The molecule has 90 valence electrons. The predicted molar refractivity (Wildman–Crippen MR) is 61.4 cm³/mol. The molecule has 0 rings (SSSR count). The van der Waals surface area contributed by atoms with Crippen LogP contribution < -0.4 is 11.1 Å². The molecule has 0 heterocycles. The van der Waals surface area contributed by atoms with Gasteiger partial charge >= 0.3 is 0 Å². The Morgan fingerprint density at radius 3 is 2.53 bits per heavy atom. The molecule has 4 N–H and O–H groups in total. The molecule has 0 aromatic heterocycles. The Hall–Kier alpha value is -0.610. The van der Waals surface area contributed by atoms with Gasteiger partial charge in [-0.1, -0.05) is 13.8 Å². The summed E-state index contributed by atoms with van der Waals surface area (Å²) in [6.45, 7) is 6.65. The summed E-state index contributed by atoms with van der Waals surface area (Å²) in [5.74, 6) is 0.00152. The molecule has 0 unspecified atom stereocenters. The Bertz CT molecular complexity index is 193. The Morgan fingerprint density at radius 2 is 2.07 bits per heavy atom. The zero-order valence-corrected chi connectivity index (χ0v) is 10.0. The number of nitrogens with two attached hydrogens (primary N) is 1. The summed E-state index contributed by atoms with van der Waals surface area (Å²) in [5, 5.41) is 11.5. The molecule has 0 saturated carbocycles. The molecule has 1 atom stereocenters. The third-order valence-corrected chi connectivity index (χ3v) is 2.53. The van der Waals surface area contributed by atoms with E-state index in [0.29, 0.717) is 13.0 Å². The summed E-state index contributed by atoms with van der Waals surface area (Å²) in [7, 11) is 0. The van der Waals surface area contributed by atoms with E-state index in [1.165, 1.54) is 0 Å². The lowest BCUT2D eigenvalue weighted by molar-refractivity contribution is -0.122. The lowest BCUT2D eigenvalue weighted by atomic mass is 9.84. The molecule has 0 aliphatic rings. The molecular formula is C11H24N2O2. The Kier molecular flexibility index (Phi) is 6.52. The van der Waals surface area contributed by atoms with Gasteiger partial charge < -0.3 is 16.2 Å². The standard InChI is InChI=1S/C11H24N2O2/c1-9(8-14)13-10(15)4-5-11(2,3)6-7-12/h9,14H,4-8,12H2,1-3H3,(H,13,15)/t9-/m1/s1. The van der Waals surface area contributed by atoms with Gasteiger partial charge in [0, 0.05) is 12.5 Å². The third kappa shape index (κ3) is 7.33. The summed E-state index contributed by atoms with van der Waals surface area (Å²) in [5.41, 5.74) is 5.61. The van der Waals surface area contributed by atoms with E-state index in [9.17, 15) is 4.79 Å². The van der Waals surface area contributed by atoms with E-state index < -0.39 is 0 Å². The Morgan fingerprint density at radius 1 is 1.47 bits per heavy atom. The van der Waals surface area contributed by atoms with Crippen molar-refractivity contribution in [3.8, 4) is 0 Å². The zero-order valence-electron chi connectivity index (χ0n) is 10.0. The maximum atomic E-state index is 11.4. The van der Waals surface area contributed by atoms with Crippen LogP contribution in [0.5, 0.6) is 0 Å². The van der Waals surface area contributed by atoms with Crippen molar-refractivity contribution in [2.75, 3.05) is 13.2 Å². The number of carbonyl (C=O) groups is 1. The second-order valence-electron chi connectivity index (χ2n) is 4.85. The van der Waals surface area contributed by atoms with E-state index in [0.717, 1.165) is 12.8 Å². The number of nitrogens with one attached hydrogen (secondary N) is 1. The van der Waals surface area contributed by atoms with Crippen LogP contribution in [0.3, 0.4) is 0 Å². The first-order valence-electron chi connectivity index (χ1n) is 5.51. The molecule has 0 fully saturated rings. The summed E-state index contributed by atoms with van der Waals surface area (Å²) >= 11 is 0. The van der Waals surface area contributed by atoms with Gasteiger partial charge in [0.1, 0.15) is 0 Å². The number of carbonyl (C=O) groups excluding carboxylic acids is 1. The highest BCUT2D eigenvalue weighted by molar-refractivity contribution is 5.76. The van der Waals surface area contributed by atoms with E-state index in [1.54, 1.807) is 6.92 Å². The third-order valence-electron chi connectivity index (χ3n) is 2.53. The molecule has 0 radical (unpaired) electrons. The van der Waals surface area contributed by atoms with Crippen LogP contribution in [0.25, 0.3) is 0 Å². The first-order valence-corrected chi connectivity index (χ1v) is 5.51. The molecule has 1 amide bonds. The molecule has 0 spiro atoms. The van der Waals surface area contributed by atoms with Crippen LogP contribution in [-0.4, -0.2) is 30.2 Å². The van der Waals surface area contributed by atoms with Crippen LogP contribution in [0.4, 0.5) is 0 Å². The van der Waals surface area contributed by atoms with Crippen molar-refractivity contribution in [3.05, 3.63) is 0 Å². The summed E-state index contributed by atoms with van der Waals surface area (Å²) in [6, 6.07) is -0.157. The van der Waals surface area contributed by atoms with Gasteiger partial charge in [0.25, 0.3) is 0 Å². The number of hydrogen-bond donors (Lipinski definition) is 3. The first-order chi connectivity index (χ1) is 6.91. The van der Waals surface area contributed by atoms with E-state index in [1.807, 2.05) is 0 Å². The lowest BCUT2D eigenvalue weighted by Crippen LogP contribution is -2.35. The fourth-order valence-electron chi connectivity index (χ4n) is 1.36. The highest BCUT2D eigenvalue weighted by atomic mass is 16.3. The van der Waals surface area contributed by atoms with Gasteiger partial charge in [0.15, 0.2) is 0 Å². The minimum absolute atomic E-state index is 0.00152. The smallest absolute Gasteiger partial charge is 0.220 e. The predicted octanol–water partition coefficient (Wildman–Crippen LogP) is 0.639. The molecular weight excluding hydrogens is 192 g/mol. The van der Waals surface area contributed by atoms with Gasteiger partial charge in [-0.15, -0.1) is 0 Å². The van der Waals surface area contributed by atoms with Gasteiger partial charge in [-0.05, 0) is 31.7 Å². The van der Waals surface area contributed by atoms with Crippen molar-refractivity contribution >= 4 is 5.91 Å². The van der Waals surface area contributed by atoms with Crippen molar-refractivity contribution < 1.29 is 9.90 Å². The maximum Gasteiger partial charge on any atom is 0.220 e. The minimum atomic E-state index is -0.157. The van der Waals surface area contributed by atoms with E-state index >= 15 is 0 Å². The second-order valence-corrected chi connectivity index (χ2v) is 4.85. The van der Waals surface area contributed by atoms with Crippen LogP contribution in [0.2, 0.25) is 0 Å². The Balaban J connectivity index is 3.79. The van der Waals surface area contributed by atoms with Crippen LogP contribution in [0, 0.1) is 5.41 Å². The van der Waals surface area contributed by atoms with Gasteiger partial charge in [0.05, 0.1) is 6.61 Å². The average Bonchev–Trinajstić information content (AvgIpc) is 2.15. The molecule has 0 aliphatic heterocycles. The topological polar surface area (TPSA) is 75.3 Å². The number of rotatable bonds is 7. The van der Waals surface area contributed by atoms with Crippen LogP contribution >= 0.6 is 0 Å². The quantitative estimate of drug-likeness (QED) is 0.584. The molecule has 0 saturated heterocycles.